The average Bonchev–Trinajstić information content (AvgIpc) is 2.53. The molecule has 3 aromatic rings. The van der Waals surface area contributed by atoms with Gasteiger partial charge in [0.1, 0.15) is 17.0 Å². The zero-order valence-electron chi connectivity index (χ0n) is 12.6. The summed E-state index contributed by atoms with van der Waals surface area (Å²) in [7, 11) is 0. The predicted octanol–water partition coefficient (Wildman–Crippen LogP) is 1.41. The van der Waals surface area contributed by atoms with E-state index in [-0.39, 0.29) is 16.2 Å². The van der Waals surface area contributed by atoms with Crippen molar-refractivity contribution in [3.8, 4) is 0 Å². The molecule has 0 aromatic carbocycles. The van der Waals surface area contributed by atoms with E-state index in [2.05, 4.69) is 20.3 Å². The number of hydrogen-bond acceptors (Lipinski definition) is 5. The van der Waals surface area contributed by atoms with Crippen molar-refractivity contribution in [1.29, 1.82) is 0 Å². The maximum absolute atomic E-state index is 12.5. The molecule has 0 spiro atoms. The molecular weight excluding hydrogens is 330 g/mol. The highest BCUT2D eigenvalue weighted by atomic mass is 32.1. The molecular formula is C15H13N5O3S. The highest BCUT2D eigenvalue weighted by Gasteiger charge is 2.16. The van der Waals surface area contributed by atoms with Gasteiger partial charge in [-0.05, 0) is 37.3 Å². The van der Waals surface area contributed by atoms with Crippen molar-refractivity contribution in [2.75, 3.05) is 5.32 Å². The van der Waals surface area contributed by atoms with Gasteiger partial charge < -0.3 is 10.3 Å². The Kier molecular flexibility index (Phi) is 4.09. The summed E-state index contributed by atoms with van der Waals surface area (Å²) in [6.07, 6.45) is 1.59. The van der Waals surface area contributed by atoms with Gasteiger partial charge in [-0.3, -0.25) is 23.9 Å². The predicted molar refractivity (Wildman–Crippen MR) is 91.9 cm³/mol. The van der Waals surface area contributed by atoms with Crippen LogP contribution in [0.5, 0.6) is 0 Å². The van der Waals surface area contributed by atoms with Crippen molar-refractivity contribution in [1.82, 2.24) is 19.5 Å². The molecule has 9 heteroatoms. The summed E-state index contributed by atoms with van der Waals surface area (Å²) in [4.78, 5) is 45.6. The van der Waals surface area contributed by atoms with E-state index in [0.29, 0.717) is 17.6 Å². The summed E-state index contributed by atoms with van der Waals surface area (Å²) in [5.74, 6) is -0.522. The number of anilines is 1. The van der Waals surface area contributed by atoms with Gasteiger partial charge in [0.2, 0.25) is 0 Å². The quantitative estimate of drug-likeness (QED) is 0.623. The maximum atomic E-state index is 12.5. The summed E-state index contributed by atoms with van der Waals surface area (Å²) in [6, 6.07) is 6.12. The van der Waals surface area contributed by atoms with E-state index >= 15 is 0 Å². The second-order valence-electron chi connectivity index (χ2n) is 4.98. The minimum absolute atomic E-state index is 0.0445. The summed E-state index contributed by atoms with van der Waals surface area (Å²) in [5, 5.41) is 3.15. The molecule has 24 heavy (non-hydrogen) atoms. The van der Waals surface area contributed by atoms with Gasteiger partial charge in [-0.15, -0.1) is 0 Å². The number of fused-ring (bicyclic) bond motifs is 1. The van der Waals surface area contributed by atoms with Crippen LogP contribution in [0.3, 0.4) is 0 Å². The zero-order valence-corrected chi connectivity index (χ0v) is 13.4. The molecule has 122 valence electrons. The number of pyridine rings is 2. The second kappa shape index (κ2) is 6.20. The molecule has 0 bridgehead atoms. The van der Waals surface area contributed by atoms with Crippen molar-refractivity contribution in [2.24, 2.45) is 0 Å². The van der Waals surface area contributed by atoms with E-state index < -0.39 is 17.0 Å². The third kappa shape index (κ3) is 2.88. The molecule has 3 rings (SSSR count). The lowest BCUT2D eigenvalue weighted by molar-refractivity contribution is 0.102. The van der Waals surface area contributed by atoms with Crippen LogP contribution in [0.1, 0.15) is 17.3 Å². The number of H-pyrrole nitrogens is 2. The third-order valence-corrected chi connectivity index (χ3v) is 3.62. The van der Waals surface area contributed by atoms with E-state index in [4.69, 9.17) is 12.2 Å². The van der Waals surface area contributed by atoms with Crippen molar-refractivity contribution in [3.05, 3.63) is 61.5 Å². The van der Waals surface area contributed by atoms with Crippen molar-refractivity contribution in [3.63, 3.8) is 0 Å². The Hall–Kier alpha value is -3.07. The number of carbonyl (C=O) groups excluding carboxylic acids is 1. The first kappa shape index (κ1) is 15.8. The minimum atomic E-state index is -0.635. The van der Waals surface area contributed by atoms with Crippen LogP contribution in [0.15, 0.2) is 40.1 Å². The topological polar surface area (TPSA) is 113 Å². The smallest absolute Gasteiger partial charge is 0.265 e. The lowest BCUT2D eigenvalue weighted by atomic mass is 10.2. The molecule has 3 aromatic heterocycles. The molecule has 0 aliphatic rings. The molecule has 8 nitrogen and oxygen atoms in total. The summed E-state index contributed by atoms with van der Waals surface area (Å²) in [6.45, 7) is 2.17. The standard InChI is InChI=1S/C15H13N5O3S/c1-2-20-12-8(4-3-5-16-12)6-9(14(20)23)13(22)17-10-7-11(21)19-15(24)18-10/h3-7H,2H2,1H3,(H3,17,18,19,21,22,24). The van der Waals surface area contributed by atoms with E-state index in [1.54, 1.807) is 25.3 Å². The Morgan fingerprint density at radius 3 is 2.83 bits per heavy atom. The van der Waals surface area contributed by atoms with Gasteiger partial charge in [0.25, 0.3) is 17.0 Å². The zero-order chi connectivity index (χ0) is 17.3. The number of aromatic amines is 2. The van der Waals surface area contributed by atoms with E-state index in [1.165, 1.54) is 10.6 Å². The molecule has 0 unspecified atom stereocenters. The largest absolute Gasteiger partial charge is 0.318 e. The van der Waals surface area contributed by atoms with Gasteiger partial charge in [-0.25, -0.2) is 4.98 Å². The first-order valence-corrected chi connectivity index (χ1v) is 7.54. The molecule has 0 radical (unpaired) electrons. The molecule has 1 amide bonds. The SMILES string of the molecule is CCn1c(=O)c(C(=O)Nc2cc(=O)[nH]c(=S)[nH]2)cc2cccnc21. The van der Waals surface area contributed by atoms with Crippen molar-refractivity contribution in [2.45, 2.75) is 13.5 Å². The van der Waals surface area contributed by atoms with Crippen molar-refractivity contribution >= 4 is 35.0 Å². The van der Waals surface area contributed by atoms with Gasteiger partial charge in [0, 0.05) is 24.2 Å². The van der Waals surface area contributed by atoms with Crippen LogP contribution in [0.25, 0.3) is 11.0 Å². The number of aromatic nitrogens is 4. The van der Waals surface area contributed by atoms with Gasteiger partial charge in [-0.1, -0.05) is 0 Å². The maximum Gasteiger partial charge on any atom is 0.265 e. The molecule has 0 fully saturated rings. The monoisotopic (exact) mass is 343 g/mol. The lowest BCUT2D eigenvalue weighted by Crippen LogP contribution is -2.30. The lowest BCUT2D eigenvalue weighted by Gasteiger charge is -2.10. The van der Waals surface area contributed by atoms with Crippen LogP contribution < -0.4 is 16.4 Å². The highest BCUT2D eigenvalue weighted by molar-refractivity contribution is 7.71. The van der Waals surface area contributed by atoms with Crippen molar-refractivity contribution < 1.29 is 4.79 Å². The van der Waals surface area contributed by atoms with Gasteiger partial charge in [-0.2, -0.15) is 0 Å². The number of nitrogens with one attached hydrogen (secondary N) is 3. The van der Waals surface area contributed by atoms with E-state index in [1.807, 2.05) is 0 Å². The molecule has 3 N–H and O–H groups in total. The fraction of sp³-hybridized carbons (Fsp3) is 0.133. The van der Waals surface area contributed by atoms with Crippen LogP contribution in [-0.2, 0) is 6.54 Å². The van der Waals surface area contributed by atoms with Crippen LogP contribution in [-0.4, -0.2) is 25.4 Å². The van der Waals surface area contributed by atoms with Gasteiger partial charge >= 0.3 is 0 Å². The Labute approximate surface area is 140 Å². The number of amides is 1. The van der Waals surface area contributed by atoms with Crippen LogP contribution >= 0.6 is 12.2 Å². The van der Waals surface area contributed by atoms with E-state index in [0.717, 1.165) is 6.07 Å². The third-order valence-electron chi connectivity index (χ3n) is 3.42. The summed E-state index contributed by atoms with van der Waals surface area (Å²) >= 11 is 4.85. The number of carbonyl (C=O) groups is 1. The second-order valence-corrected chi connectivity index (χ2v) is 5.39. The van der Waals surface area contributed by atoms with Crippen LogP contribution in [0, 0.1) is 4.77 Å². The minimum Gasteiger partial charge on any atom is -0.318 e. The molecule has 0 saturated carbocycles. The number of aryl methyl sites for hydroxylation is 1. The van der Waals surface area contributed by atoms with Crippen LogP contribution in [0.4, 0.5) is 5.82 Å². The molecule has 0 aliphatic carbocycles. The molecule has 0 saturated heterocycles. The average molecular weight is 343 g/mol. The molecule has 3 heterocycles. The van der Waals surface area contributed by atoms with Gasteiger partial charge in [0.15, 0.2) is 4.77 Å². The molecule has 0 atom stereocenters. The normalized spacial score (nSPS) is 10.7. The molecule has 0 aliphatic heterocycles. The Morgan fingerprint density at radius 1 is 1.33 bits per heavy atom. The fourth-order valence-electron chi connectivity index (χ4n) is 2.39. The first-order chi connectivity index (χ1) is 11.5. The van der Waals surface area contributed by atoms with E-state index in [9.17, 15) is 14.4 Å². The number of rotatable bonds is 3. The number of hydrogen-bond donors (Lipinski definition) is 3. The Bertz CT molecular complexity index is 1080. The summed E-state index contributed by atoms with van der Waals surface area (Å²) < 4.78 is 1.50. The van der Waals surface area contributed by atoms with Gasteiger partial charge in [0.05, 0.1) is 0 Å². The first-order valence-electron chi connectivity index (χ1n) is 7.13. The van der Waals surface area contributed by atoms with Crippen LogP contribution in [0.2, 0.25) is 0 Å². The Balaban J connectivity index is 2.10. The highest BCUT2D eigenvalue weighted by Crippen LogP contribution is 2.11. The Morgan fingerprint density at radius 2 is 2.12 bits per heavy atom. The fourth-order valence-corrected chi connectivity index (χ4v) is 2.60. The number of nitrogens with zero attached hydrogens (tertiary/aromatic N) is 2. The summed E-state index contributed by atoms with van der Waals surface area (Å²) in [5.41, 5.74) is -0.443.